The first-order valence-corrected chi connectivity index (χ1v) is 8.48. The van der Waals surface area contributed by atoms with Crippen LogP contribution in [0, 0.1) is 23.5 Å². The van der Waals surface area contributed by atoms with E-state index in [1.54, 1.807) is 0 Å². The minimum atomic E-state index is -3.92. The van der Waals surface area contributed by atoms with Crippen molar-refractivity contribution in [1.29, 1.82) is 0 Å². The molecule has 2 saturated heterocycles. The molecule has 2 aliphatic heterocycles. The van der Waals surface area contributed by atoms with Crippen LogP contribution in [0.2, 0.25) is 0 Å². The molecule has 0 bridgehead atoms. The first-order valence-electron chi connectivity index (χ1n) is 6.25. The Balaban J connectivity index is 0.00000161. The largest absolute Gasteiger partial charge is 0.316 e. The van der Waals surface area contributed by atoms with E-state index in [9.17, 15) is 17.2 Å². The lowest BCUT2D eigenvalue weighted by atomic mass is 10.0. The van der Waals surface area contributed by atoms with Crippen molar-refractivity contribution in [2.75, 3.05) is 26.2 Å². The smallest absolute Gasteiger partial charge is 0.246 e. The highest BCUT2D eigenvalue weighted by molar-refractivity contribution is 9.10. The molecule has 0 saturated carbocycles. The van der Waals surface area contributed by atoms with Crippen LogP contribution in [0.5, 0.6) is 0 Å². The van der Waals surface area contributed by atoms with Crippen molar-refractivity contribution in [2.45, 2.75) is 4.90 Å². The van der Waals surface area contributed by atoms with Crippen LogP contribution >= 0.6 is 28.3 Å². The highest BCUT2D eigenvalue weighted by Crippen LogP contribution is 2.32. The average Bonchev–Trinajstić information content (AvgIpc) is 2.94. The van der Waals surface area contributed by atoms with E-state index in [1.165, 1.54) is 4.31 Å². The average molecular weight is 404 g/mol. The maximum atomic E-state index is 13.8. The lowest BCUT2D eigenvalue weighted by molar-refractivity contribution is 0.442. The summed E-state index contributed by atoms with van der Waals surface area (Å²) in [5.41, 5.74) is 0. The van der Waals surface area contributed by atoms with Gasteiger partial charge in [0.05, 0.1) is 4.47 Å². The summed E-state index contributed by atoms with van der Waals surface area (Å²) in [5.74, 6) is -1.32. The van der Waals surface area contributed by atoms with Gasteiger partial charge in [-0.15, -0.1) is 12.4 Å². The van der Waals surface area contributed by atoms with Crippen LogP contribution in [-0.2, 0) is 10.0 Å². The van der Waals surface area contributed by atoms with E-state index in [0.717, 1.165) is 19.2 Å². The Bertz CT molecular complexity index is 647. The number of benzene rings is 1. The Morgan fingerprint density at radius 3 is 2.29 bits per heavy atom. The summed E-state index contributed by atoms with van der Waals surface area (Å²) in [5, 5.41) is 3.21. The maximum absolute atomic E-state index is 13.8. The third-order valence-corrected chi connectivity index (χ3v) is 6.40. The van der Waals surface area contributed by atoms with Gasteiger partial charge in [-0.3, -0.25) is 0 Å². The van der Waals surface area contributed by atoms with Gasteiger partial charge in [-0.1, -0.05) is 0 Å². The lowest BCUT2D eigenvalue weighted by Gasteiger charge is -2.18. The predicted octanol–water partition coefficient (Wildman–Crippen LogP) is 1.99. The molecule has 118 valence electrons. The maximum Gasteiger partial charge on any atom is 0.246 e. The third kappa shape index (κ3) is 2.96. The quantitative estimate of drug-likeness (QED) is 0.769. The molecule has 9 heteroatoms. The van der Waals surface area contributed by atoms with Gasteiger partial charge in [0.25, 0.3) is 0 Å². The summed E-state index contributed by atoms with van der Waals surface area (Å²) in [7, 11) is -3.92. The molecule has 0 amide bonds. The molecule has 2 heterocycles. The standard InChI is InChI=1S/C12H13BrF2N2O2S.ClH/c13-9-1-12(11(15)2-10(9)14)20(18,19)17-5-7-3-16-4-8(7)6-17;/h1-2,7-8,16H,3-6H2;1H/t7-,8+;. The molecule has 21 heavy (non-hydrogen) atoms. The Kier molecular flexibility index (Phi) is 4.94. The zero-order chi connectivity index (χ0) is 14.5. The summed E-state index contributed by atoms with van der Waals surface area (Å²) < 4.78 is 53.2. The van der Waals surface area contributed by atoms with Gasteiger partial charge in [0.15, 0.2) is 0 Å². The number of nitrogens with zero attached hydrogens (tertiary/aromatic N) is 1. The molecule has 0 unspecified atom stereocenters. The molecule has 0 spiro atoms. The van der Waals surface area contributed by atoms with Crippen molar-refractivity contribution >= 4 is 38.4 Å². The Morgan fingerprint density at radius 1 is 1.14 bits per heavy atom. The van der Waals surface area contributed by atoms with E-state index < -0.39 is 26.6 Å². The third-order valence-electron chi connectivity index (χ3n) is 3.95. The number of halogens is 4. The second-order valence-corrected chi connectivity index (χ2v) is 7.96. The molecule has 0 radical (unpaired) electrons. The number of fused-ring (bicyclic) bond motifs is 1. The Morgan fingerprint density at radius 2 is 1.71 bits per heavy atom. The van der Waals surface area contributed by atoms with Gasteiger partial charge in [0.1, 0.15) is 16.5 Å². The van der Waals surface area contributed by atoms with E-state index in [4.69, 9.17) is 0 Å². The molecule has 4 nitrogen and oxygen atoms in total. The van der Waals surface area contributed by atoms with Crippen LogP contribution in [0.4, 0.5) is 8.78 Å². The molecule has 3 rings (SSSR count). The van der Waals surface area contributed by atoms with Crippen LogP contribution in [0.25, 0.3) is 0 Å². The summed E-state index contributed by atoms with van der Waals surface area (Å²) in [6, 6.07) is 1.59. The zero-order valence-corrected chi connectivity index (χ0v) is 14.1. The molecule has 1 N–H and O–H groups in total. The number of hydrogen-bond acceptors (Lipinski definition) is 3. The number of sulfonamides is 1. The van der Waals surface area contributed by atoms with Gasteiger partial charge in [0, 0.05) is 19.2 Å². The Hall–Kier alpha value is -0.280. The second kappa shape index (κ2) is 6.08. The van der Waals surface area contributed by atoms with E-state index >= 15 is 0 Å². The summed E-state index contributed by atoms with van der Waals surface area (Å²) >= 11 is 2.90. The van der Waals surface area contributed by atoms with Gasteiger partial charge in [-0.05, 0) is 46.9 Å². The molecule has 2 aliphatic rings. The van der Waals surface area contributed by atoms with Crippen molar-refractivity contribution in [1.82, 2.24) is 9.62 Å². The van der Waals surface area contributed by atoms with Crippen molar-refractivity contribution < 1.29 is 17.2 Å². The highest BCUT2D eigenvalue weighted by Gasteiger charge is 2.42. The van der Waals surface area contributed by atoms with Crippen molar-refractivity contribution in [2.24, 2.45) is 11.8 Å². The molecule has 0 aliphatic carbocycles. The molecule has 2 atom stereocenters. The number of rotatable bonds is 2. The first kappa shape index (κ1) is 17.1. The molecular formula is C12H14BrClF2N2O2S. The minimum Gasteiger partial charge on any atom is -0.316 e. The molecule has 1 aromatic rings. The van der Waals surface area contributed by atoms with Crippen molar-refractivity contribution in [3.8, 4) is 0 Å². The summed E-state index contributed by atoms with van der Waals surface area (Å²) in [4.78, 5) is -0.473. The van der Waals surface area contributed by atoms with Crippen molar-refractivity contribution in [3.63, 3.8) is 0 Å². The van der Waals surface area contributed by atoms with Crippen LogP contribution in [0.1, 0.15) is 0 Å². The van der Waals surface area contributed by atoms with Gasteiger partial charge >= 0.3 is 0 Å². The number of nitrogens with one attached hydrogen (secondary N) is 1. The van der Waals surface area contributed by atoms with Crippen LogP contribution in [0.3, 0.4) is 0 Å². The topological polar surface area (TPSA) is 49.4 Å². The minimum absolute atomic E-state index is 0. The Labute approximate surface area is 136 Å². The zero-order valence-electron chi connectivity index (χ0n) is 10.9. The molecule has 1 aromatic carbocycles. The first-order chi connectivity index (χ1) is 9.39. The van der Waals surface area contributed by atoms with Gasteiger partial charge in [0.2, 0.25) is 10.0 Å². The fourth-order valence-electron chi connectivity index (χ4n) is 2.85. The fourth-order valence-corrected chi connectivity index (χ4v) is 4.97. The lowest BCUT2D eigenvalue weighted by Crippen LogP contribution is -2.32. The fraction of sp³-hybridized carbons (Fsp3) is 0.500. The molecule has 0 aromatic heterocycles. The van der Waals surface area contributed by atoms with E-state index in [1.807, 2.05) is 0 Å². The molecule has 2 fully saturated rings. The van der Waals surface area contributed by atoms with Crippen LogP contribution in [0.15, 0.2) is 21.5 Å². The number of hydrogen-bond donors (Lipinski definition) is 1. The predicted molar refractivity (Wildman–Crippen MR) is 79.9 cm³/mol. The normalized spacial score (nSPS) is 25.7. The molecular weight excluding hydrogens is 390 g/mol. The van der Waals surface area contributed by atoms with Crippen LogP contribution < -0.4 is 5.32 Å². The van der Waals surface area contributed by atoms with Gasteiger partial charge in [-0.25, -0.2) is 17.2 Å². The van der Waals surface area contributed by atoms with E-state index in [-0.39, 0.29) is 28.7 Å². The van der Waals surface area contributed by atoms with E-state index in [2.05, 4.69) is 21.2 Å². The SMILES string of the molecule is Cl.O=S(=O)(c1cc(Br)c(F)cc1F)N1C[C@H]2CNC[C@H]2C1. The highest BCUT2D eigenvalue weighted by atomic mass is 79.9. The second-order valence-electron chi connectivity index (χ2n) is 5.20. The van der Waals surface area contributed by atoms with Crippen LogP contribution in [-0.4, -0.2) is 38.9 Å². The monoisotopic (exact) mass is 402 g/mol. The summed E-state index contributed by atoms with van der Waals surface area (Å²) in [6.07, 6.45) is 0. The summed E-state index contributed by atoms with van der Waals surface area (Å²) in [6.45, 7) is 2.33. The van der Waals surface area contributed by atoms with Crippen molar-refractivity contribution in [3.05, 3.63) is 28.2 Å². The van der Waals surface area contributed by atoms with Gasteiger partial charge in [-0.2, -0.15) is 4.31 Å². The van der Waals surface area contributed by atoms with E-state index in [0.29, 0.717) is 19.2 Å². The van der Waals surface area contributed by atoms with Gasteiger partial charge < -0.3 is 5.32 Å².